The van der Waals surface area contributed by atoms with Crippen LogP contribution in [0.4, 0.5) is 0 Å². The molecule has 1 fully saturated rings. The first-order valence-corrected chi connectivity index (χ1v) is 11.9. The van der Waals surface area contributed by atoms with Crippen molar-refractivity contribution in [1.82, 2.24) is 19.0 Å². The van der Waals surface area contributed by atoms with Crippen molar-refractivity contribution in [2.75, 3.05) is 12.3 Å². The Morgan fingerprint density at radius 2 is 2.00 bits per heavy atom. The Bertz CT molecular complexity index is 1550. The van der Waals surface area contributed by atoms with Crippen LogP contribution in [0, 0.1) is 11.3 Å². The zero-order chi connectivity index (χ0) is 23.4. The Balaban J connectivity index is 1.37. The Morgan fingerprint density at radius 1 is 1.18 bits per heavy atom. The summed E-state index contributed by atoms with van der Waals surface area (Å²) in [6, 6.07) is 18.1. The minimum absolute atomic E-state index is 0.0137. The fourth-order valence-corrected chi connectivity index (χ4v) is 5.93. The normalized spacial score (nSPS) is 18.3. The molecule has 8 nitrogen and oxygen atoms in total. The van der Waals surface area contributed by atoms with Crippen LogP contribution < -0.4 is 5.69 Å². The monoisotopic (exact) mass is 469 g/mol. The molecule has 2 aliphatic heterocycles. The van der Waals surface area contributed by atoms with Gasteiger partial charge in [-0.2, -0.15) is 5.26 Å². The van der Waals surface area contributed by atoms with Crippen LogP contribution in [0.3, 0.4) is 0 Å². The van der Waals surface area contributed by atoms with Crippen LogP contribution in [0.25, 0.3) is 16.6 Å². The van der Waals surface area contributed by atoms with Gasteiger partial charge in [-0.05, 0) is 42.8 Å². The van der Waals surface area contributed by atoms with Crippen LogP contribution in [-0.4, -0.2) is 42.3 Å². The molecular formula is C25H19N5O3S. The number of nitriles is 1. The number of fused-ring (bicyclic) bond motifs is 6. The van der Waals surface area contributed by atoms with E-state index in [-0.39, 0.29) is 29.6 Å². The second kappa shape index (κ2) is 7.78. The van der Waals surface area contributed by atoms with E-state index >= 15 is 0 Å². The van der Waals surface area contributed by atoms with E-state index < -0.39 is 0 Å². The summed E-state index contributed by atoms with van der Waals surface area (Å²) in [5.41, 5.74) is 1.45. The molecule has 2 bridgehead atoms. The summed E-state index contributed by atoms with van der Waals surface area (Å²) in [5.74, 6) is 0.117. The molecule has 1 saturated heterocycles. The Kier molecular flexibility index (Phi) is 4.71. The standard InChI is InChI=1S/C25H19N5O3S/c26-12-15-8-9-19(18-7-4-10-27-22(15)18)30-24(32)23-20-11-16(29(23)25(30)33)13-28(20)21(31)14-34-17-5-2-1-3-6-17/h1-10,16,20,32H,11,13-14H2/t16-,20-/m0/s1. The lowest BCUT2D eigenvalue weighted by molar-refractivity contribution is -0.129. The van der Waals surface area contributed by atoms with Gasteiger partial charge in [0.1, 0.15) is 11.8 Å². The van der Waals surface area contributed by atoms with Gasteiger partial charge < -0.3 is 10.0 Å². The second-order valence-corrected chi connectivity index (χ2v) is 9.44. The first-order valence-electron chi connectivity index (χ1n) is 10.9. The number of aromatic nitrogens is 3. The maximum Gasteiger partial charge on any atom is 0.336 e. The first-order chi connectivity index (χ1) is 16.6. The Morgan fingerprint density at radius 3 is 2.79 bits per heavy atom. The van der Waals surface area contributed by atoms with Crippen molar-refractivity contribution in [2.24, 2.45) is 0 Å². The number of rotatable bonds is 4. The molecule has 2 aromatic carbocycles. The van der Waals surface area contributed by atoms with Gasteiger partial charge in [-0.15, -0.1) is 11.8 Å². The highest BCUT2D eigenvalue weighted by Crippen LogP contribution is 2.49. The van der Waals surface area contributed by atoms with Crippen LogP contribution in [0.15, 0.2) is 70.5 Å². The second-order valence-electron chi connectivity index (χ2n) is 8.39. The number of pyridine rings is 1. The molecule has 4 aromatic rings. The molecule has 2 atom stereocenters. The van der Waals surface area contributed by atoms with E-state index in [1.807, 2.05) is 30.3 Å². The van der Waals surface area contributed by atoms with Crippen molar-refractivity contribution in [3.63, 3.8) is 0 Å². The minimum Gasteiger partial charge on any atom is -0.493 e. The van der Waals surface area contributed by atoms with Crippen molar-refractivity contribution in [3.8, 4) is 17.6 Å². The molecule has 4 heterocycles. The molecule has 0 radical (unpaired) electrons. The average Bonchev–Trinajstić information content (AvgIpc) is 3.54. The van der Waals surface area contributed by atoms with Crippen LogP contribution in [-0.2, 0) is 4.79 Å². The lowest BCUT2D eigenvalue weighted by Crippen LogP contribution is -2.38. The third kappa shape index (κ3) is 2.96. The van der Waals surface area contributed by atoms with Gasteiger partial charge >= 0.3 is 5.69 Å². The average molecular weight is 470 g/mol. The van der Waals surface area contributed by atoms with E-state index in [1.165, 1.54) is 16.3 Å². The zero-order valence-corrected chi connectivity index (χ0v) is 18.8. The number of hydrogen-bond donors (Lipinski definition) is 1. The number of aromatic hydroxyl groups is 1. The molecular weight excluding hydrogens is 450 g/mol. The smallest absolute Gasteiger partial charge is 0.336 e. The highest BCUT2D eigenvalue weighted by Gasteiger charge is 2.49. The summed E-state index contributed by atoms with van der Waals surface area (Å²) in [4.78, 5) is 33.6. The quantitative estimate of drug-likeness (QED) is 0.460. The summed E-state index contributed by atoms with van der Waals surface area (Å²) in [5, 5.41) is 21.2. The Labute approximate surface area is 198 Å². The SMILES string of the molecule is N#Cc1ccc(-n2c(O)c3n(c2=O)[C@H]2C[C@@H]3N(C(=O)CSc3ccccc3)C2)c2cccnc12. The molecule has 0 spiro atoms. The summed E-state index contributed by atoms with van der Waals surface area (Å²) in [6.45, 7) is 0.449. The van der Waals surface area contributed by atoms with Gasteiger partial charge in [0.15, 0.2) is 0 Å². The number of benzene rings is 2. The summed E-state index contributed by atoms with van der Waals surface area (Å²) < 4.78 is 2.89. The predicted molar refractivity (Wildman–Crippen MR) is 127 cm³/mol. The number of amides is 1. The molecule has 168 valence electrons. The largest absolute Gasteiger partial charge is 0.493 e. The molecule has 0 unspecified atom stereocenters. The van der Waals surface area contributed by atoms with Crippen molar-refractivity contribution in [3.05, 3.63) is 82.5 Å². The molecule has 1 amide bonds. The van der Waals surface area contributed by atoms with E-state index in [4.69, 9.17) is 0 Å². The summed E-state index contributed by atoms with van der Waals surface area (Å²) in [6.07, 6.45) is 2.21. The number of nitrogens with zero attached hydrogens (tertiary/aromatic N) is 5. The third-order valence-electron chi connectivity index (χ3n) is 6.59. The highest BCUT2D eigenvalue weighted by atomic mass is 32.2. The van der Waals surface area contributed by atoms with Crippen LogP contribution in [0.5, 0.6) is 5.88 Å². The Hall–Kier alpha value is -4.03. The van der Waals surface area contributed by atoms with Crippen LogP contribution in [0.1, 0.15) is 29.8 Å². The molecule has 0 aliphatic carbocycles. The highest BCUT2D eigenvalue weighted by molar-refractivity contribution is 8.00. The molecule has 9 heteroatoms. The molecule has 2 aromatic heterocycles. The maximum absolute atomic E-state index is 13.4. The molecule has 34 heavy (non-hydrogen) atoms. The molecule has 6 rings (SSSR count). The van der Waals surface area contributed by atoms with Crippen molar-refractivity contribution in [2.45, 2.75) is 23.4 Å². The van der Waals surface area contributed by atoms with Gasteiger partial charge in [-0.3, -0.25) is 14.3 Å². The number of imidazole rings is 1. The lowest BCUT2D eigenvalue weighted by atomic mass is 10.1. The van der Waals surface area contributed by atoms with E-state index in [1.54, 1.807) is 39.9 Å². The number of carbonyl (C=O) groups excluding carboxylic acids is 1. The first kappa shape index (κ1) is 20.6. The molecule has 2 aliphatic rings. The van der Waals surface area contributed by atoms with E-state index in [0.717, 1.165) is 4.90 Å². The van der Waals surface area contributed by atoms with Gasteiger partial charge in [0.2, 0.25) is 11.8 Å². The topological polar surface area (TPSA) is 104 Å². The third-order valence-corrected chi connectivity index (χ3v) is 7.59. The van der Waals surface area contributed by atoms with Gasteiger partial charge in [0.25, 0.3) is 0 Å². The van der Waals surface area contributed by atoms with Gasteiger partial charge in [-0.25, -0.2) is 9.36 Å². The lowest BCUT2D eigenvalue weighted by Gasteiger charge is -2.27. The predicted octanol–water partition coefficient (Wildman–Crippen LogP) is 3.38. The minimum atomic E-state index is -0.347. The van der Waals surface area contributed by atoms with E-state index in [2.05, 4.69) is 11.1 Å². The molecule has 1 N–H and O–H groups in total. The van der Waals surface area contributed by atoms with E-state index in [0.29, 0.717) is 46.6 Å². The van der Waals surface area contributed by atoms with Crippen molar-refractivity contribution < 1.29 is 9.90 Å². The zero-order valence-electron chi connectivity index (χ0n) is 18.0. The van der Waals surface area contributed by atoms with Crippen molar-refractivity contribution in [1.29, 1.82) is 5.26 Å². The number of likely N-dealkylation sites (tertiary alicyclic amines) is 1. The van der Waals surface area contributed by atoms with Gasteiger partial charge in [0, 0.05) is 23.0 Å². The fraction of sp³-hybridized carbons (Fsp3) is 0.200. The summed E-state index contributed by atoms with van der Waals surface area (Å²) in [7, 11) is 0. The van der Waals surface area contributed by atoms with Crippen molar-refractivity contribution >= 4 is 28.6 Å². The fourth-order valence-electron chi connectivity index (χ4n) is 5.13. The number of hydrogen-bond acceptors (Lipinski definition) is 6. The van der Waals surface area contributed by atoms with Gasteiger partial charge in [0.05, 0.1) is 34.6 Å². The van der Waals surface area contributed by atoms with Crippen LogP contribution in [0.2, 0.25) is 0 Å². The maximum atomic E-state index is 13.4. The molecule has 0 saturated carbocycles. The van der Waals surface area contributed by atoms with Crippen LogP contribution >= 0.6 is 11.8 Å². The van der Waals surface area contributed by atoms with Gasteiger partial charge in [-0.1, -0.05) is 18.2 Å². The summed E-state index contributed by atoms with van der Waals surface area (Å²) >= 11 is 1.48. The number of carbonyl (C=O) groups is 1. The van der Waals surface area contributed by atoms with E-state index in [9.17, 15) is 20.0 Å². The number of thioether (sulfide) groups is 1.